The van der Waals surface area contributed by atoms with Crippen LogP contribution in [0.4, 0.5) is 5.69 Å². The normalized spacial score (nSPS) is 21.8. The fraction of sp³-hybridized carbons (Fsp3) is 0.500. The summed E-state index contributed by atoms with van der Waals surface area (Å²) in [5.41, 5.74) is 1.59. The first-order chi connectivity index (χ1) is 7.70. The van der Waals surface area contributed by atoms with Gasteiger partial charge in [-0.05, 0) is 26.1 Å². The molecular weight excluding hydrogens is 200 g/mol. The van der Waals surface area contributed by atoms with Crippen molar-refractivity contribution in [3.05, 3.63) is 24.0 Å². The summed E-state index contributed by atoms with van der Waals surface area (Å²) in [5.74, 6) is 0. The highest BCUT2D eigenvalue weighted by Crippen LogP contribution is 2.19. The molecule has 0 aliphatic carbocycles. The number of aromatic nitrogens is 1. The Hall–Kier alpha value is -1.60. The maximum absolute atomic E-state index is 8.83. The Balaban J connectivity index is 2.20. The predicted octanol–water partition coefficient (Wildman–Crippen LogP) is 1.09. The SMILES string of the molecule is CC1CN(C)CCN1c1ccnc(C#N)c1. The Morgan fingerprint density at radius 1 is 1.50 bits per heavy atom. The van der Waals surface area contributed by atoms with Gasteiger partial charge in [0, 0.05) is 37.6 Å². The van der Waals surface area contributed by atoms with Crippen molar-refractivity contribution in [1.82, 2.24) is 9.88 Å². The van der Waals surface area contributed by atoms with Crippen molar-refractivity contribution in [1.29, 1.82) is 5.26 Å². The molecule has 4 heteroatoms. The van der Waals surface area contributed by atoms with Gasteiger partial charge in [-0.2, -0.15) is 5.26 Å². The van der Waals surface area contributed by atoms with Gasteiger partial charge in [-0.1, -0.05) is 0 Å². The number of hydrogen-bond donors (Lipinski definition) is 0. The Morgan fingerprint density at radius 2 is 2.31 bits per heavy atom. The molecule has 2 heterocycles. The average molecular weight is 216 g/mol. The van der Waals surface area contributed by atoms with Crippen LogP contribution in [0, 0.1) is 11.3 Å². The molecule has 2 rings (SSSR count). The molecular formula is C12H16N4. The smallest absolute Gasteiger partial charge is 0.142 e. The summed E-state index contributed by atoms with van der Waals surface area (Å²) in [7, 11) is 2.14. The Labute approximate surface area is 96.1 Å². The van der Waals surface area contributed by atoms with Crippen LogP contribution in [0.25, 0.3) is 0 Å². The first-order valence-electron chi connectivity index (χ1n) is 5.52. The lowest BCUT2D eigenvalue weighted by atomic mass is 10.1. The summed E-state index contributed by atoms with van der Waals surface area (Å²) in [6.45, 7) is 5.34. The minimum Gasteiger partial charge on any atom is -0.366 e. The van der Waals surface area contributed by atoms with E-state index in [1.807, 2.05) is 12.1 Å². The molecule has 0 radical (unpaired) electrons. The molecule has 1 atom stereocenters. The monoisotopic (exact) mass is 216 g/mol. The molecule has 0 N–H and O–H groups in total. The van der Waals surface area contributed by atoms with E-state index in [0.717, 1.165) is 25.3 Å². The van der Waals surface area contributed by atoms with Crippen LogP contribution in [-0.4, -0.2) is 42.6 Å². The zero-order valence-electron chi connectivity index (χ0n) is 9.72. The molecule has 1 aromatic rings. The van der Waals surface area contributed by atoms with E-state index in [-0.39, 0.29) is 0 Å². The average Bonchev–Trinajstić information content (AvgIpc) is 2.29. The minimum atomic E-state index is 0.479. The second-order valence-corrected chi connectivity index (χ2v) is 4.32. The van der Waals surface area contributed by atoms with Crippen molar-refractivity contribution in [3.63, 3.8) is 0 Å². The van der Waals surface area contributed by atoms with Crippen molar-refractivity contribution in [2.75, 3.05) is 31.6 Å². The van der Waals surface area contributed by atoms with Gasteiger partial charge in [0.25, 0.3) is 0 Å². The van der Waals surface area contributed by atoms with E-state index >= 15 is 0 Å². The molecule has 0 amide bonds. The van der Waals surface area contributed by atoms with Crippen LogP contribution >= 0.6 is 0 Å². The number of piperazine rings is 1. The van der Waals surface area contributed by atoms with Gasteiger partial charge in [0.2, 0.25) is 0 Å². The Morgan fingerprint density at radius 3 is 3.00 bits per heavy atom. The van der Waals surface area contributed by atoms with Crippen molar-refractivity contribution in [2.24, 2.45) is 0 Å². The lowest BCUT2D eigenvalue weighted by Crippen LogP contribution is -2.50. The largest absolute Gasteiger partial charge is 0.366 e. The van der Waals surface area contributed by atoms with E-state index in [1.165, 1.54) is 0 Å². The number of nitrogens with zero attached hydrogens (tertiary/aromatic N) is 4. The molecule has 0 bridgehead atoms. The van der Waals surface area contributed by atoms with Crippen LogP contribution in [-0.2, 0) is 0 Å². The maximum atomic E-state index is 8.83. The second kappa shape index (κ2) is 4.50. The zero-order valence-corrected chi connectivity index (χ0v) is 9.72. The number of nitriles is 1. The molecule has 1 aliphatic rings. The van der Waals surface area contributed by atoms with Gasteiger partial charge in [0.1, 0.15) is 11.8 Å². The second-order valence-electron chi connectivity index (χ2n) is 4.32. The first kappa shape index (κ1) is 10.9. The summed E-state index contributed by atoms with van der Waals surface area (Å²) < 4.78 is 0. The third kappa shape index (κ3) is 2.15. The Bertz CT molecular complexity index is 410. The quantitative estimate of drug-likeness (QED) is 0.705. The molecule has 0 aromatic carbocycles. The van der Waals surface area contributed by atoms with Crippen molar-refractivity contribution in [2.45, 2.75) is 13.0 Å². The molecule has 84 valence electrons. The zero-order chi connectivity index (χ0) is 11.5. The lowest BCUT2D eigenvalue weighted by Gasteiger charge is -2.39. The van der Waals surface area contributed by atoms with E-state index in [4.69, 9.17) is 5.26 Å². The molecule has 4 nitrogen and oxygen atoms in total. The summed E-state index contributed by atoms with van der Waals surface area (Å²) in [6.07, 6.45) is 1.71. The summed E-state index contributed by atoms with van der Waals surface area (Å²) in [5, 5.41) is 8.83. The van der Waals surface area contributed by atoms with Gasteiger partial charge in [0.05, 0.1) is 0 Å². The number of likely N-dealkylation sites (N-methyl/N-ethyl adjacent to an activating group) is 1. The van der Waals surface area contributed by atoms with Crippen molar-refractivity contribution in [3.8, 4) is 6.07 Å². The van der Waals surface area contributed by atoms with Crippen LogP contribution in [0.2, 0.25) is 0 Å². The minimum absolute atomic E-state index is 0.479. The lowest BCUT2D eigenvalue weighted by molar-refractivity contribution is 0.275. The van der Waals surface area contributed by atoms with Gasteiger partial charge in [0.15, 0.2) is 0 Å². The number of hydrogen-bond acceptors (Lipinski definition) is 4. The molecule has 1 saturated heterocycles. The first-order valence-corrected chi connectivity index (χ1v) is 5.52. The van der Waals surface area contributed by atoms with Gasteiger partial charge in [-0.25, -0.2) is 4.98 Å². The van der Waals surface area contributed by atoms with Crippen LogP contribution < -0.4 is 4.90 Å². The van der Waals surface area contributed by atoms with Crippen LogP contribution in [0.1, 0.15) is 12.6 Å². The molecule has 0 spiro atoms. The molecule has 1 unspecified atom stereocenters. The number of pyridine rings is 1. The highest BCUT2D eigenvalue weighted by Gasteiger charge is 2.21. The third-order valence-corrected chi connectivity index (χ3v) is 3.02. The molecule has 16 heavy (non-hydrogen) atoms. The van der Waals surface area contributed by atoms with E-state index in [0.29, 0.717) is 11.7 Å². The topological polar surface area (TPSA) is 43.2 Å². The van der Waals surface area contributed by atoms with Gasteiger partial charge in [-0.3, -0.25) is 0 Å². The molecule has 1 aromatic heterocycles. The summed E-state index contributed by atoms with van der Waals surface area (Å²) >= 11 is 0. The van der Waals surface area contributed by atoms with E-state index < -0.39 is 0 Å². The predicted molar refractivity (Wildman–Crippen MR) is 63.3 cm³/mol. The molecule has 0 saturated carbocycles. The van der Waals surface area contributed by atoms with Crippen molar-refractivity contribution < 1.29 is 0 Å². The summed E-state index contributed by atoms with van der Waals surface area (Å²) in [6, 6.07) is 6.40. The number of anilines is 1. The van der Waals surface area contributed by atoms with E-state index in [9.17, 15) is 0 Å². The van der Waals surface area contributed by atoms with E-state index in [1.54, 1.807) is 6.20 Å². The fourth-order valence-electron chi connectivity index (χ4n) is 2.18. The van der Waals surface area contributed by atoms with Gasteiger partial charge < -0.3 is 9.80 Å². The highest BCUT2D eigenvalue weighted by atomic mass is 15.3. The standard InChI is InChI=1S/C12H16N4/c1-10-9-15(2)5-6-16(10)12-3-4-14-11(7-12)8-13/h3-4,7,10H,5-6,9H2,1-2H3. The Kier molecular flexibility index (Phi) is 3.07. The molecule has 1 fully saturated rings. The van der Waals surface area contributed by atoms with Crippen LogP contribution in [0.5, 0.6) is 0 Å². The van der Waals surface area contributed by atoms with Gasteiger partial charge in [-0.15, -0.1) is 0 Å². The van der Waals surface area contributed by atoms with Gasteiger partial charge >= 0.3 is 0 Å². The molecule has 1 aliphatic heterocycles. The maximum Gasteiger partial charge on any atom is 0.142 e. The van der Waals surface area contributed by atoms with Crippen molar-refractivity contribution >= 4 is 5.69 Å². The highest BCUT2D eigenvalue weighted by molar-refractivity contribution is 5.50. The van der Waals surface area contributed by atoms with Crippen LogP contribution in [0.3, 0.4) is 0 Å². The summed E-state index contributed by atoms with van der Waals surface area (Å²) in [4.78, 5) is 8.66. The number of rotatable bonds is 1. The fourth-order valence-corrected chi connectivity index (χ4v) is 2.18. The van der Waals surface area contributed by atoms with Crippen LogP contribution in [0.15, 0.2) is 18.3 Å². The third-order valence-electron chi connectivity index (χ3n) is 3.02. The van der Waals surface area contributed by atoms with E-state index in [2.05, 4.69) is 34.8 Å².